The lowest BCUT2D eigenvalue weighted by atomic mass is 10.4. The van der Waals surface area contributed by atoms with E-state index in [0.29, 0.717) is 11.8 Å². The SMILES string of the molecule is COc1ccc2nc(N)n(CCCN(C)C)c2n1. The van der Waals surface area contributed by atoms with Crippen LogP contribution < -0.4 is 10.5 Å². The molecule has 0 unspecified atom stereocenters. The summed E-state index contributed by atoms with van der Waals surface area (Å²) in [6, 6.07) is 3.67. The Bertz CT molecular complexity index is 534. The average molecular weight is 249 g/mol. The van der Waals surface area contributed by atoms with E-state index in [0.717, 1.165) is 30.7 Å². The molecule has 0 saturated carbocycles. The van der Waals surface area contributed by atoms with E-state index < -0.39 is 0 Å². The number of methoxy groups -OCH3 is 1. The molecule has 0 atom stereocenters. The zero-order valence-corrected chi connectivity index (χ0v) is 11.1. The molecule has 6 heteroatoms. The maximum atomic E-state index is 5.92. The van der Waals surface area contributed by atoms with Crippen LogP contribution >= 0.6 is 0 Å². The number of aryl methyl sites for hydroxylation is 1. The molecule has 2 aromatic heterocycles. The van der Waals surface area contributed by atoms with Gasteiger partial charge in [0, 0.05) is 12.6 Å². The molecule has 0 aliphatic rings. The molecule has 0 radical (unpaired) electrons. The van der Waals surface area contributed by atoms with Gasteiger partial charge in [0.15, 0.2) is 5.65 Å². The lowest BCUT2D eigenvalue weighted by Crippen LogP contribution is -2.15. The molecular formula is C12H19N5O. The summed E-state index contributed by atoms with van der Waals surface area (Å²) in [5.41, 5.74) is 7.51. The Morgan fingerprint density at radius 3 is 2.78 bits per heavy atom. The van der Waals surface area contributed by atoms with Crippen LogP contribution in [0.1, 0.15) is 6.42 Å². The number of rotatable bonds is 5. The van der Waals surface area contributed by atoms with E-state index in [1.165, 1.54) is 0 Å². The summed E-state index contributed by atoms with van der Waals surface area (Å²) in [4.78, 5) is 10.8. The predicted octanol–water partition coefficient (Wildman–Crippen LogP) is 0.974. The highest BCUT2D eigenvalue weighted by atomic mass is 16.5. The first-order valence-electron chi connectivity index (χ1n) is 5.93. The van der Waals surface area contributed by atoms with E-state index >= 15 is 0 Å². The number of pyridine rings is 1. The number of hydrogen-bond acceptors (Lipinski definition) is 5. The Hall–Kier alpha value is -1.82. The van der Waals surface area contributed by atoms with Crippen LogP contribution in [0.2, 0.25) is 0 Å². The summed E-state index contributed by atoms with van der Waals surface area (Å²) < 4.78 is 7.06. The summed E-state index contributed by atoms with van der Waals surface area (Å²) in [7, 11) is 5.71. The first-order valence-corrected chi connectivity index (χ1v) is 5.93. The number of imidazole rings is 1. The van der Waals surface area contributed by atoms with Gasteiger partial charge >= 0.3 is 0 Å². The minimum absolute atomic E-state index is 0.504. The Morgan fingerprint density at radius 1 is 1.33 bits per heavy atom. The van der Waals surface area contributed by atoms with Crippen LogP contribution in [0.4, 0.5) is 5.95 Å². The van der Waals surface area contributed by atoms with E-state index in [2.05, 4.69) is 29.0 Å². The van der Waals surface area contributed by atoms with Crippen molar-refractivity contribution in [3.63, 3.8) is 0 Å². The Labute approximate surface area is 106 Å². The van der Waals surface area contributed by atoms with Crippen molar-refractivity contribution in [3.8, 4) is 5.88 Å². The molecule has 18 heavy (non-hydrogen) atoms. The zero-order valence-electron chi connectivity index (χ0n) is 11.1. The van der Waals surface area contributed by atoms with Crippen LogP contribution in [0, 0.1) is 0 Å². The standard InChI is InChI=1S/C12H19N5O/c1-16(2)7-4-8-17-11-9(14-12(17)13)5-6-10(15-11)18-3/h5-6H,4,7-8H2,1-3H3,(H2,13,14). The summed E-state index contributed by atoms with van der Waals surface area (Å²) in [6.07, 6.45) is 1.00. The summed E-state index contributed by atoms with van der Waals surface area (Å²) in [6.45, 7) is 1.81. The maximum Gasteiger partial charge on any atom is 0.215 e. The third-order valence-corrected chi connectivity index (χ3v) is 2.79. The fraction of sp³-hybridized carbons (Fsp3) is 0.500. The quantitative estimate of drug-likeness (QED) is 0.855. The van der Waals surface area contributed by atoms with Crippen molar-refractivity contribution < 1.29 is 4.74 Å². The van der Waals surface area contributed by atoms with Gasteiger partial charge in [0.1, 0.15) is 5.52 Å². The third-order valence-electron chi connectivity index (χ3n) is 2.79. The second kappa shape index (κ2) is 5.22. The molecule has 0 aliphatic carbocycles. The Kier molecular flexibility index (Phi) is 3.66. The molecule has 2 heterocycles. The average Bonchev–Trinajstić information content (AvgIpc) is 2.64. The van der Waals surface area contributed by atoms with Gasteiger partial charge < -0.3 is 15.4 Å². The molecule has 2 rings (SSSR count). The topological polar surface area (TPSA) is 69.2 Å². The number of nitrogens with zero attached hydrogens (tertiary/aromatic N) is 4. The van der Waals surface area contributed by atoms with Crippen molar-refractivity contribution in [1.29, 1.82) is 0 Å². The van der Waals surface area contributed by atoms with Crippen LogP contribution in [-0.2, 0) is 6.54 Å². The predicted molar refractivity (Wildman–Crippen MR) is 71.7 cm³/mol. The van der Waals surface area contributed by atoms with Gasteiger partial charge in [-0.15, -0.1) is 0 Å². The summed E-state index contributed by atoms with van der Waals surface area (Å²) in [5.74, 6) is 1.08. The van der Waals surface area contributed by atoms with Crippen LogP contribution in [-0.4, -0.2) is 47.2 Å². The van der Waals surface area contributed by atoms with Gasteiger partial charge in [0.2, 0.25) is 11.8 Å². The second-order valence-electron chi connectivity index (χ2n) is 4.47. The number of aromatic nitrogens is 3. The van der Waals surface area contributed by atoms with Gasteiger partial charge in [-0.05, 0) is 33.1 Å². The highest BCUT2D eigenvalue weighted by Crippen LogP contribution is 2.19. The van der Waals surface area contributed by atoms with E-state index in [9.17, 15) is 0 Å². The van der Waals surface area contributed by atoms with Crippen molar-refractivity contribution in [2.45, 2.75) is 13.0 Å². The first-order chi connectivity index (χ1) is 8.61. The lowest BCUT2D eigenvalue weighted by molar-refractivity contribution is 0.386. The molecule has 0 amide bonds. The highest BCUT2D eigenvalue weighted by Gasteiger charge is 2.10. The monoisotopic (exact) mass is 249 g/mol. The van der Waals surface area contributed by atoms with Gasteiger partial charge in [0.25, 0.3) is 0 Å². The molecule has 0 fully saturated rings. The van der Waals surface area contributed by atoms with Crippen molar-refractivity contribution in [3.05, 3.63) is 12.1 Å². The maximum absolute atomic E-state index is 5.92. The molecule has 0 aromatic carbocycles. The minimum atomic E-state index is 0.504. The van der Waals surface area contributed by atoms with Crippen LogP contribution in [0.3, 0.4) is 0 Å². The summed E-state index contributed by atoms with van der Waals surface area (Å²) in [5, 5.41) is 0. The van der Waals surface area contributed by atoms with Gasteiger partial charge in [-0.25, -0.2) is 4.98 Å². The minimum Gasteiger partial charge on any atom is -0.481 e. The van der Waals surface area contributed by atoms with Gasteiger partial charge in [-0.1, -0.05) is 0 Å². The van der Waals surface area contributed by atoms with Crippen molar-refractivity contribution >= 4 is 17.1 Å². The van der Waals surface area contributed by atoms with E-state index in [1.807, 2.05) is 10.6 Å². The molecule has 0 aliphatic heterocycles. The normalized spacial score (nSPS) is 11.3. The summed E-state index contributed by atoms with van der Waals surface area (Å²) >= 11 is 0. The number of nitrogens with two attached hydrogens (primary N) is 1. The first kappa shape index (κ1) is 12.6. The molecular weight excluding hydrogens is 230 g/mol. The Morgan fingerprint density at radius 2 is 2.11 bits per heavy atom. The van der Waals surface area contributed by atoms with E-state index in [1.54, 1.807) is 13.2 Å². The van der Waals surface area contributed by atoms with Crippen LogP contribution in [0.25, 0.3) is 11.2 Å². The fourth-order valence-electron chi connectivity index (χ4n) is 1.88. The number of nitrogen functional groups attached to an aromatic ring is 1. The Balaban J connectivity index is 2.27. The molecule has 0 bridgehead atoms. The van der Waals surface area contributed by atoms with Crippen molar-refractivity contribution in [2.24, 2.45) is 0 Å². The fourth-order valence-corrected chi connectivity index (χ4v) is 1.88. The number of hydrogen-bond donors (Lipinski definition) is 1. The van der Waals surface area contributed by atoms with Gasteiger partial charge in [0.05, 0.1) is 7.11 Å². The molecule has 6 nitrogen and oxygen atoms in total. The third kappa shape index (κ3) is 2.53. The molecule has 0 saturated heterocycles. The number of anilines is 1. The second-order valence-corrected chi connectivity index (χ2v) is 4.47. The number of fused-ring (bicyclic) bond motifs is 1. The van der Waals surface area contributed by atoms with E-state index in [-0.39, 0.29) is 0 Å². The smallest absolute Gasteiger partial charge is 0.215 e. The molecule has 2 aromatic rings. The molecule has 2 N–H and O–H groups in total. The van der Waals surface area contributed by atoms with Gasteiger partial charge in [-0.2, -0.15) is 4.98 Å². The molecule has 0 spiro atoms. The lowest BCUT2D eigenvalue weighted by Gasteiger charge is -2.10. The highest BCUT2D eigenvalue weighted by molar-refractivity contribution is 5.74. The van der Waals surface area contributed by atoms with Crippen LogP contribution in [0.15, 0.2) is 12.1 Å². The van der Waals surface area contributed by atoms with Crippen molar-refractivity contribution in [2.75, 3.05) is 33.5 Å². The number of ether oxygens (including phenoxy) is 1. The van der Waals surface area contributed by atoms with Gasteiger partial charge in [-0.3, -0.25) is 4.57 Å². The molecule has 98 valence electrons. The van der Waals surface area contributed by atoms with Crippen LogP contribution in [0.5, 0.6) is 5.88 Å². The van der Waals surface area contributed by atoms with E-state index in [4.69, 9.17) is 10.5 Å². The zero-order chi connectivity index (χ0) is 13.1. The largest absolute Gasteiger partial charge is 0.481 e. The van der Waals surface area contributed by atoms with Crippen molar-refractivity contribution in [1.82, 2.24) is 19.4 Å².